The van der Waals surface area contributed by atoms with E-state index >= 15 is 0 Å². The fraction of sp³-hybridized carbons (Fsp3) is 0.300. The molecule has 0 atom stereocenters. The number of anilines is 2. The van der Waals surface area contributed by atoms with Crippen molar-refractivity contribution in [3.05, 3.63) is 53.1 Å². The van der Waals surface area contributed by atoms with E-state index in [4.69, 9.17) is 4.74 Å². The van der Waals surface area contributed by atoms with Crippen molar-refractivity contribution >= 4 is 40.0 Å². The lowest BCUT2D eigenvalue weighted by molar-refractivity contribution is -0.141. The first-order valence-corrected chi connectivity index (χ1v) is 9.68. The minimum Gasteiger partial charge on any atom is -0.463 e. The lowest BCUT2D eigenvalue weighted by atomic mass is 10.1. The molecular weight excluding hydrogens is 380 g/mol. The predicted molar refractivity (Wildman–Crippen MR) is 106 cm³/mol. The van der Waals surface area contributed by atoms with E-state index in [9.17, 15) is 14.4 Å². The Labute approximate surface area is 167 Å². The Balaban J connectivity index is 2.08. The van der Waals surface area contributed by atoms with Gasteiger partial charge in [-0.2, -0.15) is 0 Å². The van der Waals surface area contributed by atoms with E-state index in [1.165, 1.54) is 18.3 Å². The van der Waals surface area contributed by atoms with Crippen molar-refractivity contribution in [2.24, 2.45) is 0 Å². The molecule has 7 nitrogen and oxygen atoms in total. The van der Waals surface area contributed by atoms with E-state index in [0.717, 1.165) is 29.8 Å². The van der Waals surface area contributed by atoms with Crippen molar-refractivity contribution in [3.8, 4) is 0 Å². The van der Waals surface area contributed by atoms with Gasteiger partial charge in [-0.1, -0.05) is 25.1 Å². The Bertz CT molecular complexity index is 875. The Morgan fingerprint density at radius 3 is 2.43 bits per heavy atom. The molecule has 2 rings (SSSR count). The smallest absolute Gasteiger partial charge is 0.331 e. The molecule has 0 fully saturated rings. The first-order chi connectivity index (χ1) is 13.5. The molecule has 0 aliphatic heterocycles. The van der Waals surface area contributed by atoms with Crippen LogP contribution in [0.15, 0.2) is 41.8 Å². The van der Waals surface area contributed by atoms with Crippen molar-refractivity contribution in [1.29, 1.82) is 0 Å². The lowest BCUT2D eigenvalue weighted by Gasteiger charge is -2.20. The monoisotopic (exact) mass is 402 g/mol. The highest BCUT2D eigenvalue weighted by molar-refractivity contribution is 7.14. The summed E-state index contributed by atoms with van der Waals surface area (Å²) in [5.74, 6) is -1.44. The largest absolute Gasteiger partial charge is 0.463 e. The van der Waals surface area contributed by atoms with Crippen LogP contribution >= 0.6 is 11.3 Å². The van der Waals surface area contributed by atoms with Crippen LogP contribution in [0.3, 0.4) is 0 Å². The number of carbonyl (C=O) groups is 3. The van der Waals surface area contributed by atoms with Crippen molar-refractivity contribution in [3.63, 3.8) is 0 Å². The minimum absolute atomic E-state index is 0.0658. The molecule has 2 aromatic rings. The first-order valence-electron chi connectivity index (χ1n) is 8.80. The Kier molecular flexibility index (Phi) is 7.88. The minimum atomic E-state index is -0.678. The molecule has 0 saturated heterocycles. The van der Waals surface area contributed by atoms with Gasteiger partial charge in [0, 0.05) is 24.5 Å². The van der Waals surface area contributed by atoms with Gasteiger partial charge in [0.05, 0.1) is 18.0 Å². The number of hydrogen-bond acceptors (Lipinski definition) is 7. The molecule has 1 aromatic heterocycles. The lowest BCUT2D eigenvalue weighted by Crippen LogP contribution is -2.23. The number of benzene rings is 1. The summed E-state index contributed by atoms with van der Waals surface area (Å²) in [4.78, 5) is 41.1. The van der Waals surface area contributed by atoms with Crippen LogP contribution in [0.25, 0.3) is 0 Å². The van der Waals surface area contributed by atoms with Crippen LogP contribution < -0.4 is 4.90 Å². The van der Waals surface area contributed by atoms with Crippen LogP contribution in [0.4, 0.5) is 10.8 Å². The molecule has 0 unspecified atom stereocenters. The topological polar surface area (TPSA) is 85.8 Å². The quantitative estimate of drug-likeness (QED) is 0.496. The van der Waals surface area contributed by atoms with Crippen LogP contribution in [-0.2, 0) is 36.9 Å². The van der Waals surface area contributed by atoms with Gasteiger partial charge in [0.2, 0.25) is 5.91 Å². The van der Waals surface area contributed by atoms with Crippen molar-refractivity contribution < 1.29 is 23.9 Å². The van der Waals surface area contributed by atoms with Crippen LogP contribution in [0.2, 0.25) is 0 Å². The highest BCUT2D eigenvalue weighted by Gasteiger charge is 2.20. The Morgan fingerprint density at radius 2 is 1.79 bits per heavy atom. The number of ether oxygens (including phenoxy) is 2. The number of nitrogens with zero attached hydrogens (tertiary/aromatic N) is 2. The second kappa shape index (κ2) is 10.4. The average Bonchev–Trinajstić information content (AvgIpc) is 3.13. The summed E-state index contributed by atoms with van der Waals surface area (Å²) >= 11 is 1.29. The molecule has 0 N–H and O–H groups in total. The zero-order chi connectivity index (χ0) is 20.5. The maximum atomic E-state index is 12.2. The van der Waals surface area contributed by atoms with E-state index in [0.29, 0.717) is 10.8 Å². The van der Waals surface area contributed by atoms with E-state index in [1.54, 1.807) is 17.2 Å². The summed E-state index contributed by atoms with van der Waals surface area (Å²) in [6.07, 6.45) is 2.80. The standard InChI is InChI=1S/C20H22N2O5S/c1-4-15-8-6-7-9-17(15)22(14(3)23)20-21-16(13-28-20)12-27-19(25)11-10-18(24)26-5-2/h6-11,13H,4-5,12H2,1-3H3/b11-10+. The van der Waals surface area contributed by atoms with E-state index < -0.39 is 11.9 Å². The number of hydrogen-bond donors (Lipinski definition) is 0. The van der Waals surface area contributed by atoms with Crippen LogP contribution in [0, 0.1) is 0 Å². The molecule has 1 heterocycles. The summed E-state index contributed by atoms with van der Waals surface area (Å²) in [6.45, 7) is 5.34. The van der Waals surface area contributed by atoms with Gasteiger partial charge >= 0.3 is 11.9 Å². The molecule has 28 heavy (non-hydrogen) atoms. The van der Waals surface area contributed by atoms with Gasteiger partial charge in [0.1, 0.15) is 6.61 Å². The number of rotatable bonds is 8. The number of para-hydroxylation sites is 1. The number of aryl methyl sites for hydroxylation is 1. The predicted octanol–water partition coefficient (Wildman–Crippen LogP) is 3.55. The highest BCUT2D eigenvalue weighted by Crippen LogP contribution is 2.31. The number of aromatic nitrogens is 1. The third-order valence-electron chi connectivity index (χ3n) is 3.66. The summed E-state index contributed by atoms with van der Waals surface area (Å²) < 4.78 is 9.75. The molecular formula is C20H22N2O5S. The van der Waals surface area contributed by atoms with Crippen molar-refractivity contribution in [1.82, 2.24) is 4.98 Å². The summed E-state index contributed by atoms with van der Waals surface area (Å²) in [5.41, 5.74) is 2.33. The van der Waals surface area contributed by atoms with Crippen LogP contribution in [-0.4, -0.2) is 29.4 Å². The second-order valence-corrected chi connectivity index (χ2v) is 6.49. The molecule has 0 spiro atoms. The van der Waals surface area contributed by atoms with Gasteiger partial charge in [0.15, 0.2) is 5.13 Å². The Morgan fingerprint density at radius 1 is 1.11 bits per heavy atom. The van der Waals surface area contributed by atoms with Crippen LogP contribution in [0.5, 0.6) is 0 Å². The molecule has 0 aliphatic carbocycles. The number of carbonyl (C=O) groups excluding carboxylic acids is 3. The van der Waals surface area contributed by atoms with Crippen LogP contribution in [0.1, 0.15) is 32.0 Å². The SMILES string of the molecule is CCOC(=O)/C=C/C(=O)OCc1csc(N(C(C)=O)c2ccccc2CC)n1. The fourth-order valence-corrected chi connectivity index (χ4v) is 3.28. The maximum absolute atomic E-state index is 12.2. The van der Waals surface area contributed by atoms with Gasteiger partial charge in [0.25, 0.3) is 0 Å². The van der Waals surface area contributed by atoms with Gasteiger partial charge in [-0.15, -0.1) is 11.3 Å². The molecule has 148 valence electrons. The Hall–Kier alpha value is -3.00. The summed E-state index contributed by atoms with van der Waals surface area (Å²) in [6, 6.07) is 7.65. The van der Waals surface area contributed by atoms with E-state index in [-0.39, 0.29) is 19.1 Å². The molecule has 1 amide bonds. The molecule has 0 bridgehead atoms. The fourth-order valence-electron chi connectivity index (χ4n) is 2.42. The summed E-state index contributed by atoms with van der Waals surface area (Å²) in [7, 11) is 0. The van der Waals surface area contributed by atoms with Gasteiger partial charge < -0.3 is 9.47 Å². The van der Waals surface area contributed by atoms with Crippen molar-refractivity contribution in [2.75, 3.05) is 11.5 Å². The second-order valence-electron chi connectivity index (χ2n) is 5.65. The third kappa shape index (κ3) is 5.75. The van der Waals surface area contributed by atoms with Gasteiger partial charge in [-0.3, -0.25) is 9.69 Å². The van der Waals surface area contributed by atoms with Gasteiger partial charge in [-0.25, -0.2) is 14.6 Å². The highest BCUT2D eigenvalue weighted by atomic mass is 32.1. The molecule has 0 aliphatic rings. The number of amides is 1. The zero-order valence-electron chi connectivity index (χ0n) is 16.0. The zero-order valence-corrected chi connectivity index (χ0v) is 16.8. The molecule has 1 aromatic carbocycles. The van der Waals surface area contributed by atoms with E-state index in [1.807, 2.05) is 31.2 Å². The average molecular weight is 402 g/mol. The molecule has 0 saturated carbocycles. The first kappa shape index (κ1) is 21.3. The van der Waals surface area contributed by atoms with E-state index in [2.05, 4.69) is 9.72 Å². The third-order valence-corrected chi connectivity index (χ3v) is 4.54. The normalized spacial score (nSPS) is 10.7. The maximum Gasteiger partial charge on any atom is 0.331 e. The van der Waals surface area contributed by atoms with Crippen molar-refractivity contribution in [2.45, 2.75) is 33.8 Å². The number of thiazole rings is 1. The molecule has 8 heteroatoms. The number of esters is 2. The summed E-state index contributed by atoms with van der Waals surface area (Å²) in [5, 5.41) is 2.23. The van der Waals surface area contributed by atoms with Gasteiger partial charge in [-0.05, 0) is 25.0 Å². The molecule has 0 radical (unpaired) electrons.